The molecule has 0 saturated carbocycles. The number of nitrogens with one attached hydrogen (secondary N) is 1. The van der Waals surface area contributed by atoms with Crippen LogP contribution in [0.25, 0.3) is 0 Å². The summed E-state index contributed by atoms with van der Waals surface area (Å²) in [6, 6.07) is 20.2. The molecule has 7 nitrogen and oxygen atoms in total. The van der Waals surface area contributed by atoms with Crippen LogP contribution in [0.1, 0.15) is 30.0 Å². The predicted octanol–water partition coefficient (Wildman–Crippen LogP) is 5.67. The Bertz CT molecular complexity index is 1410. The minimum Gasteiger partial charge on any atom is -0.497 e. The molecule has 188 valence electrons. The van der Waals surface area contributed by atoms with E-state index >= 15 is 0 Å². The normalized spacial score (nSPS) is 19.0. The van der Waals surface area contributed by atoms with Crippen molar-refractivity contribution in [2.75, 3.05) is 12.4 Å². The lowest BCUT2D eigenvalue weighted by molar-refractivity contribution is -0.121. The molecule has 2 aliphatic rings. The van der Waals surface area contributed by atoms with Crippen LogP contribution in [0.3, 0.4) is 0 Å². The molecule has 3 aromatic rings. The molecule has 0 aromatic heterocycles. The topological polar surface area (TPSA) is 83.4 Å². The largest absolute Gasteiger partial charge is 0.497 e. The fourth-order valence-corrected chi connectivity index (χ4v) is 5.44. The number of carbonyl (C=O) groups is 2. The van der Waals surface area contributed by atoms with Crippen molar-refractivity contribution in [2.45, 2.75) is 24.1 Å². The number of aliphatic imine (C=N–C) groups is 1. The summed E-state index contributed by atoms with van der Waals surface area (Å²) in [6.45, 7) is 0. The van der Waals surface area contributed by atoms with Gasteiger partial charge in [0.15, 0.2) is 5.17 Å². The van der Waals surface area contributed by atoms with Crippen LogP contribution in [0.4, 0.5) is 10.1 Å². The van der Waals surface area contributed by atoms with Crippen LogP contribution in [0.5, 0.6) is 5.75 Å². The second-order valence-corrected chi connectivity index (χ2v) is 10.1. The molecule has 2 atom stereocenters. The van der Waals surface area contributed by atoms with E-state index in [0.29, 0.717) is 33.6 Å². The molecule has 0 fully saturated rings. The highest BCUT2D eigenvalue weighted by atomic mass is 35.5. The van der Waals surface area contributed by atoms with Crippen molar-refractivity contribution >= 4 is 51.7 Å². The van der Waals surface area contributed by atoms with Gasteiger partial charge in [-0.05, 0) is 54.1 Å². The summed E-state index contributed by atoms with van der Waals surface area (Å²) in [4.78, 5) is 29.5. The van der Waals surface area contributed by atoms with E-state index in [0.717, 1.165) is 23.0 Å². The standard InChI is InChI=1S/C27H22ClFN4O3S/c1-36-19-11-9-16(10-12-19)22-14-23(20-7-2-3-8-21(20)29)33(32-22)27-31-26(35)24(37-27)15-25(34)30-18-6-4-5-17(28)13-18/h2-13,23-24H,14-15H2,1H3,(H,30,34)/t23-,24-/m0/s1. The minimum atomic E-state index is -0.712. The summed E-state index contributed by atoms with van der Waals surface area (Å²) < 4.78 is 20.1. The van der Waals surface area contributed by atoms with Crippen molar-refractivity contribution in [3.05, 3.63) is 94.8 Å². The lowest BCUT2D eigenvalue weighted by atomic mass is 9.98. The van der Waals surface area contributed by atoms with Gasteiger partial charge in [0.25, 0.3) is 5.91 Å². The number of hydrogen-bond donors (Lipinski definition) is 1. The Morgan fingerprint density at radius 1 is 1.16 bits per heavy atom. The fourth-order valence-electron chi connectivity index (χ4n) is 4.18. The summed E-state index contributed by atoms with van der Waals surface area (Å²) >= 11 is 7.14. The van der Waals surface area contributed by atoms with Crippen molar-refractivity contribution in [3.63, 3.8) is 0 Å². The van der Waals surface area contributed by atoms with Gasteiger partial charge in [0.2, 0.25) is 5.91 Å². The van der Waals surface area contributed by atoms with Gasteiger partial charge in [-0.15, -0.1) is 0 Å². The molecule has 0 radical (unpaired) electrons. The number of halogens is 2. The molecule has 0 unspecified atom stereocenters. The van der Waals surface area contributed by atoms with Gasteiger partial charge in [0, 0.05) is 29.1 Å². The third-order valence-electron chi connectivity index (χ3n) is 6.00. The van der Waals surface area contributed by atoms with Gasteiger partial charge in [-0.3, -0.25) is 9.59 Å². The number of carbonyl (C=O) groups excluding carboxylic acids is 2. The summed E-state index contributed by atoms with van der Waals surface area (Å²) in [5, 5.41) is 9.21. The number of rotatable bonds is 6. The molecular formula is C27H22ClFN4O3S. The van der Waals surface area contributed by atoms with Crippen LogP contribution in [0, 0.1) is 5.82 Å². The van der Waals surface area contributed by atoms with Crippen molar-refractivity contribution in [1.82, 2.24) is 5.01 Å². The Balaban J connectivity index is 1.36. The Morgan fingerprint density at radius 2 is 1.95 bits per heavy atom. The third kappa shape index (κ3) is 5.52. The van der Waals surface area contributed by atoms with Gasteiger partial charge in [0.1, 0.15) is 16.8 Å². The number of nitrogens with zero attached hydrogens (tertiary/aromatic N) is 3. The van der Waals surface area contributed by atoms with Gasteiger partial charge in [0.05, 0.1) is 18.9 Å². The number of hydrogen-bond acceptors (Lipinski definition) is 6. The van der Waals surface area contributed by atoms with Gasteiger partial charge < -0.3 is 10.1 Å². The number of ether oxygens (including phenoxy) is 1. The SMILES string of the molecule is COc1ccc(C2=NN(C3=NC(=O)[C@H](CC(=O)Nc4cccc(Cl)c4)S3)[C@H](c3ccccc3F)C2)cc1. The molecule has 3 aromatic carbocycles. The fraction of sp³-hybridized carbons (Fsp3) is 0.185. The van der Waals surface area contributed by atoms with E-state index in [2.05, 4.69) is 10.3 Å². The molecule has 0 aliphatic carbocycles. The van der Waals surface area contributed by atoms with E-state index in [1.165, 1.54) is 6.07 Å². The van der Waals surface area contributed by atoms with Crippen molar-refractivity contribution in [3.8, 4) is 5.75 Å². The van der Waals surface area contributed by atoms with Crippen LogP contribution in [-0.4, -0.2) is 40.1 Å². The molecule has 2 aliphatic heterocycles. The molecule has 1 N–H and O–H groups in total. The summed E-state index contributed by atoms with van der Waals surface area (Å²) in [5.41, 5.74) is 2.58. The number of thioether (sulfide) groups is 1. The maximum Gasteiger partial charge on any atom is 0.262 e. The number of amidine groups is 1. The smallest absolute Gasteiger partial charge is 0.262 e. The quantitative estimate of drug-likeness (QED) is 0.439. The van der Waals surface area contributed by atoms with Crippen LogP contribution in [0.2, 0.25) is 5.02 Å². The van der Waals surface area contributed by atoms with E-state index in [9.17, 15) is 14.0 Å². The first-order valence-corrected chi connectivity index (χ1v) is 12.8. The highest BCUT2D eigenvalue weighted by Crippen LogP contribution is 2.39. The second-order valence-electron chi connectivity index (χ2n) is 8.46. The molecule has 2 amide bonds. The van der Waals surface area contributed by atoms with E-state index < -0.39 is 17.2 Å². The first kappa shape index (κ1) is 25.0. The van der Waals surface area contributed by atoms with Gasteiger partial charge >= 0.3 is 0 Å². The average molecular weight is 537 g/mol. The Hall–Kier alpha value is -3.69. The van der Waals surface area contributed by atoms with Crippen molar-refractivity contribution in [1.29, 1.82) is 0 Å². The van der Waals surface area contributed by atoms with Crippen molar-refractivity contribution < 1.29 is 18.7 Å². The van der Waals surface area contributed by atoms with Gasteiger partial charge in [-0.2, -0.15) is 10.1 Å². The lowest BCUT2D eigenvalue weighted by Crippen LogP contribution is -2.25. The maximum absolute atomic E-state index is 14.8. The molecule has 10 heteroatoms. The van der Waals surface area contributed by atoms with Crippen molar-refractivity contribution in [2.24, 2.45) is 10.1 Å². The summed E-state index contributed by atoms with van der Waals surface area (Å²) in [7, 11) is 1.59. The number of hydrazone groups is 1. The molecule has 5 rings (SSSR count). The Labute approximate surface area is 222 Å². The molecule has 0 saturated heterocycles. The predicted molar refractivity (Wildman–Crippen MR) is 144 cm³/mol. The Morgan fingerprint density at radius 3 is 2.68 bits per heavy atom. The average Bonchev–Trinajstić information content (AvgIpc) is 3.48. The Kier molecular flexibility index (Phi) is 7.25. The molecule has 2 heterocycles. The highest BCUT2D eigenvalue weighted by molar-refractivity contribution is 8.15. The maximum atomic E-state index is 14.8. The third-order valence-corrected chi connectivity index (χ3v) is 7.38. The first-order chi connectivity index (χ1) is 17.9. The van der Waals surface area contributed by atoms with Crippen LogP contribution in [0.15, 0.2) is 82.9 Å². The minimum absolute atomic E-state index is 0.0731. The zero-order valence-electron chi connectivity index (χ0n) is 19.7. The molecule has 0 spiro atoms. The van der Waals surface area contributed by atoms with Crippen LogP contribution >= 0.6 is 23.4 Å². The summed E-state index contributed by atoms with van der Waals surface area (Å²) in [6.07, 6.45) is 0.344. The molecule has 37 heavy (non-hydrogen) atoms. The van der Waals surface area contributed by atoms with E-state index in [1.807, 2.05) is 24.3 Å². The van der Waals surface area contributed by atoms with E-state index in [1.54, 1.807) is 54.6 Å². The monoisotopic (exact) mass is 536 g/mol. The first-order valence-electron chi connectivity index (χ1n) is 11.5. The molecule has 0 bridgehead atoms. The highest BCUT2D eigenvalue weighted by Gasteiger charge is 2.39. The van der Waals surface area contributed by atoms with Gasteiger partial charge in [-0.1, -0.05) is 47.6 Å². The number of amides is 2. The van der Waals surface area contributed by atoms with Crippen LogP contribution < -0.4 is 10.1 Å². The number of methoxy groups -OCH3 is 1. The second kappa shape index (κ2) is 10.7. The number of anilines is 1. The van der Waals surface area contributed by atoms with Crippen LogP contribution in [-0.2, 0) is 9.59 Å². The number of benzene rings is 3. The zero-order valence-corrected chi connectivity index (χ0v) is 21.3. The lowest BCUT2D eigenvalue weighted by Gasteiger charge is -2.23. The van der Waals surface area contributed by atoms with E-state index in [4.69, 9.17) is 21.4 Å². The van der Waals surface area contributed by atoms with Gasteiger partial charge in [-0.25, -0.2) is 9.40 Å². The summed E-state index contributed by atoms with van der Waals surface area (Å²) in [5.74, 6) is -0.415. The molecular weight excluding hydrogens is 515 g/mol. The zero-order chi connectivity index (χ0) is 25.9. The van der Waals surface area contributed by atoms with E-state index in [-0.39, 0.29) is 18.1 Å².